The van der Waals surface area contributed by atoms with Gasteiger partial charge in [0, 0.05) is 4.47 Å². The Morgan fingerprint density at radius 2 is 1.78 bits per heavy atom. The highest BCUT2D eigenvalue weighted by Gasteiger charge is 2.10. The van der Waals surface area contributed by atoms with Crippen molar-refractivity contribution in [2.24, 2.45) is 5.73 Å². The van der Waals surface area contributed by atoms with Crippen LogP contribution in [0.3, 0.4) is 0 Å². The van der Waals surface area contributed by atoms with E-state index >= 15 is 0 Å². The largest absolute Gasteiger partial charge is 0.384 e. The molecule has 0 aliphatic carbocycles. The van der Waals surface area contributed by atoms with Crippen LogP contribution in [-0.4, -0.2) is 11.7 Å². The second-order valence-electron chi connectivity index (χ2n) is 4.24. The molecule has 18 heavy (non-hydrogen) atoms. The van der Waals surface area contributed by atoms with Gasteiger partial charge in [-0.15, -0.1) is 0 Å². The van der Waals surface area contributed by atoms with Crippen LogP contribution in [0.25, 0.3) is 0 Å². The lowest BCUT2D eigenvalue weighted by Gasteiger charge is -2.12. The fourth-order valence-corrected chi connectivity index (χ4v) is 2.32. The molecule has 0 aromatic heterocycles. The second kappa shape index (κ2) is 6.14. The highest BCUT2D eigenvalue weighted by molar-refractivity contribution is 9.10. The topological polar surface area (TPSA) is 46.2 Å². The minimum Gasteiger partial charge on any atom is -0.384 e. The van der Waals surface area contributed by atoms with E-state index in [2.05, 4.69) is 15.9 Å². The van der Waals surface area contributed by atoms with Crippen LogP contribution in [0.5, 0.6) is 0 Å². The maximum absolute atomic E-state index is 10.3. The lowest BCUT2D eigenvalue weighted by Crippen LogP contribution is -2.03. The molecule has 0 aliphatic heterocycles. The van der Waals surface area contributed by atoms with E-state index in [0.717, 1.165) is 22.0 Å². The summed E-state index contributed by atoms with van der Waals surface area (Å²) >= 11 is 3.41. The first-order valence-corrected chi connectivity index (χ1v) is 6.72. The number of hydrogen-bond acceptors (Lipinski definition) is 2. The molecule has 2 aromatic rings. The smallest absolute Gasteiger partial charge is 0.104 e. The Labute approximate surface area is 116 Å². The number of nitrogens with two attached hydrogens (primary N) is 1. The Bertz CT molecular complexity index is 510. The van der Waals surface area contributed by atoms with E-state index in [-0.39, 0.29) is 0 Å². The van der Waals surface area contributed by atoms with Gasteiger partial charge in [0.1, 0.15) is 6.10 Å². The van der Waals surface area contributed by atoms with Gasteiger partial charge in [-0.3, -0.25) is 0 Å². The molecule has 0 saturated carbocycles. The molecule has 1 unspecified atom stereocenters. The van der Waals surface area contributed by atoms with Crippen molar-refractivity contribution in [2.45, 2.75) is 12.5 Å². The zero-order chi connectivity index (χ0) is 13.0. The predicted octanol–water partition coefficient (Wildman–Crippen LogP) is 3.03. The molecule has 0 heterocycles. The van der Waals surface area contributed by atoms with Crippen LogP contribution in [0.1, 0.15) is 22.8 Å². The molecule has 2 rings (SSSR count). The van der Waals surface area contributed by atoms with Crippen LogP contribution in [0, 0.1) is 0 Å². The molecule has 2 aromatic carbocycles. The summed E-state index contributed by atoms with van der Waals surface area (Å²) < 4.78 is 0.971. The first-order valence-electron chi connectivity index (χ1n) is 5.93. The Kier molecular flexibility index (Phi) is 4.53. The maximum Gasteiger partial charge on any atom is 0.104 e. The lowest BCUT2D eigenvalue weighted by atomic mass is 10.00. The average Bonchev–Trinajstić information content (AvgIpc) is 2.39. The minimum absolute atomic E-state index is 0.588. The number of aliphatic hydroxyl groups is 1. The Balaban J connectivity index is 2.20. The first kappa shape index (κ1) is 13.3. The summed E-state index contributed by atoms with van der Waals surface area (Å²) in [5.41, 5.74) is 8.49. The van der Waals surface area contributed by atoms with Crippen molar-refractivity contribution in [1.29, 1.82) is 0 Å². The molecule has 0 amide bonds. The third-order valence-electron chi connectivity index (χ3n) is 2.89. The van der Waals surface area contributed by atoms with Gasteiger partial charge in [0.25, 0.3) is 0 Å². The van der Waals surface area contributed by atoms with Crippen LogP contribution in [0.2, 0.25) is 0 Å². The van der Waals surface area contributed by atoms with Gasteiger partial charge in [-0.2, -0.15) is 0 Å². The SMILES string of the molecule is NCCc1ccc(C(O)c2cccc(Br)c2)cc1. The first-order chi connectivity index (χ1) is 8.70. The van der Waals surface area contributed by atoms with Crippen molar-refractivity contribution in [3.8, 4) is 0 Å². The Morgan fingerprint density at radius 3 is 2.39 bits per heavy atom. The van der Waals surface area contributed by atoms with Crippen molar-refractivity contribution < 1.29 is 5.11 Å². The molecule has 0 bridgehead atoms. The van der Waals surface area contributed by atoms with E-state index < -0.39 is 6.10 Å². The van der Waals surface area contributed by atoms with Crippen molar-refractivity contribution >= 4 is 15.9 Å². The molecule has 0 fully saturated rings. The van der Waals surface area contributed by atoms with Crippen LogP contribution in [0.4, 0.5) is 0 Å². The molecule has 3 heteroatoms. The summed E-state index contributed by atoms with van der Waals surface area (Å²) in [5, 5.41) is 10.3. The van der Waals surface area contributed by atoms with Gasteiger partial charge in [0.05, 0.1) is 0 Å². The Morgan fingerprint density at radius 1 is 1.06 bits per heavy atom. The van der Waals surface area contributed by atoms with E-state index in [1.807, 2.05) is 48.5 Å². The van der Waals surface area contributed by atoms with Gasteiger partial charge in [-0.25, -0.2) is 0 Å². The summed E-state index contributed by atoms with van der Waals surface area (Å²) in [5.74, 6) is 0. The molecule has 2 nitrogen and oxygen atoms in total. The van der Waals surface area contributed by atoms with Crippen molar-refractivity contribution in [2.75, 3.05) is 6.54 Å². The summed E-state index contributed by atoms with van der Waals surface area (Å²) in [6.45, 7) is 0.646. The summed E-state index contributed by atoms with van der Waals surface area (Å²) in [6.07, 6.45) is 0.280. The van der Waals surface area contributed by atoms with Gasteiger partial charge in [-0.05, 0) is 41.8 Å². The second-order valence-corrected chi connectivity index (χ2v) is 5.15. The van der Waals surface area contributed by atoms with Crippen LogP contribution in [0.15, 0.2) is 53.0 Å². The van der Waals surface area contributed by atoms with Gasteiger partial charge < -0.3 is 10.8 Å². The number of rotatable bonds is 4. The highest BCUT2D eigenvalue weighted by atomic mass is 79.9. The third kappa shape index (κ3) is 3.19. The zero-order valence-electron chi connectivity index (χ0n) is 10.0. The van der Waals surface area contributed by atoms with Crippen LogP contribution in [-0.2, 0) is 6.42 Å². The Hall–Kier alpha value is -1.16. The normalized spacial score (nSPS) is 12.4. The minimum atomic E-state index is -0.588. The number of hydrogen-bond donors (Lipinski definition) is 2. The average molecular weight is 306 g/mol. The van der Waals surface area contributed by atoms with E-state index in [9.17, 15) is 5.11 Å². The molecule has 0 aliphatic rings. The predicted molar refractivity (Wildman–Crippen MR) is 77.4 cm³/mol. The van der Waals surface area contributed by atoms with Crippen LogP contribution < -0.4 is 5.73 Å². The molecule has 0 saturated heterocycles. The summed E-state index contributed by atoms with van der Waals surface area (Å²) in [6, 6.07) is 15.7. The van der Waals surface area contributed by atoms with Crippen LogP contribution >= 0.6 is 15.9 Å². The van der Waals surface area contributed by atoms with E-state index in [1.165, 1.54) is 5.56 Å². The number of benzene rings is 2. The van der Waals surface area contributed by atoms with E-state index in [4.69, 9.17) is 5.73 Å². The fraction of sp³-hybridized carbons (Fsp3) is 0.200. The molecule has 0 radical (unpaired) electrons. The van der Waals surface area contributed by atoms with Crippen molar-refractivity contribution in [1.82, 2.24) is 0 Å². The molecular weight excluding hydrogens is 290 g/mol. The monoisotopic (exact) mass is 305 g/mol. The summed E-state index contributed by atoms with van der Waals surface area (Å²) in [7, 11) is 0. The summed E-state index contributed by atoms with van der Waals surface area (Å²) in [4.78, 5) is 0. The third-order valence-corrected chi connectivity index (χ3v) is 3.39. The van der Waals surface area contributed by atoms with E-state index in [1.54, 1.807) is 0 Å². The lowest BCUT2D eigenvalue weighted by molar-refractivity contribution is 0.220. The molecular formula is C15H16BrNO. The standard InChI is InChI=1S/C15H16BrNO/c16-14-3-1-2-13(10-14)15(18)12-6-4-11(5-7-12)8-9-17/h1-7,10,15,18H,8-9,17H2. The highest BCUT2D eigenvalue weighted by Crippen LogP contribution is 2.24. The van der Waals surface area contributed by atoms with Gasteiger partial charge >= 0.3 is 0 Å². The number of halogens is 1. The number of aliphatic hydroxyl groups excluding tert-OH is 1. The molecule has 3 N–H and O–H groups in total. The maximum atomic E-state index is 10.3. The molecule has 94 valence electrons. The zero-order valence-corrected chi connectivity index (χ0v) is 11.6. The van der Waals surface area contributed by atoms with Crippen molar-refractivity contribution in [3.05, 3.63) is 69.7 Å². The quantitative estimate of drug-likeness (QED) is 0.912. The van der Waals surface area contributed by atoms with Gasteiger partial charge in [0.2, 0.25) is 0 Å². The van der Waals surface area contributed by atoms with Gasteiger partial charge in [0.15, 0.2) is 0 Å². The van der Waals surface area contributed by atoms with Gasteiger partial charge in [-0.1, -0.05) is 52.3 Å². The molecule has 0 spiro atoms. The van der Waals surface area contributed by atoms with Crippen molar-refractivity contribution in [3.63, 3.8) is 0 Å². The molecule has 1 atom stereocenters. The van der Waals surface area contributed by atoms with E-state index in [0.29, 0.717) is 6.54 Å². The fourth-order valence-electron chi connectivity index (χ4n) is 1.90.